The molecular formula is C15H12INO2S. The predicted octanol–water partition coefficient (Wildman–Crippen LogP) is 4.07. The highest BCUT2D eigenvalue weighted by molar-refractivity contribution is 14.1. The zero-order valence-corrected chi connectivity index (χ0v) is 13.5. The summed E-state index contributed by atoms with van der Waals surface area (Å²) in [5.74, 6) is -0.00259. The van der Waals surface area contributed by atoms with Gasteiger partial charge < -0.3 is 9.73 Å². The molecule has 102 valence electrons. The van der Waals surface area contributed by atoms with E-state index in [1.807, 2.05) is 35.7 Å². The molecular weight excluding hydrogens is 385 g/mol. The number of benzene rings is 1. The van der Waals surface area contributed by atoms with E-state index in [-0.39, 0.29) is 5.91 Å². The predicted molar refractivity (Wildman–Crippen MR) is 89.3 cm³/mol. The fraction of sp³-hybridized carbons (Fsp3) is 0.133. The Morgan fingerprint density at radius 1 is 1.30 bits per heavy atom. The fourth-order valence-corrected chi connectivity index (χ4v) is 3.82. The SMILES string of the molecule is O=C(NCCc1coc2ccccc12)c1sccc1I. The van der Waals surface area contributed by atoms with Gasteiger partial charge in [0.05, 0.1) is 6.26 Å². The fourth-order valence-electron chi connectivity index (χ4n) is 2.07. The maximum absolute atomic E-state index is 12.0. The Hall–Kier alpha value is -1.34. The summed E-state index contributed by atoms with van der Waals surface area (Å²) < 4.78 is 6.49. The second kappa shape index (κ2) is 5.97. The highest BCUT2D eigenvalue weighted by Gasteiger charge is 2.11. The Kier molecular flexibility index (Phi) is 4.07. The van der Waals surface area contributed by atoms with Gasteiger partial charge in [-0.1, -0.05) is 18.2 Å². The molecule has 0 bridgehead atoms. The second-order valence-corrected chi connectivity index (χ2v) is 6.44. The van der Waals surface area contributed by atoms with Crippen LogP contribution >= 0.6 is 33.9 Å². The van der Waals surface area contributed by atoms with Crippen LogP contribution in [0.15, 0.2) is 46.4 Å². The average Bonchev–Trinajstić information content (AvgIpc) is 3.05. The Balaban J connectivity index is 1.63. The lowest BCUT2D eigenvalue weighted by Gasteiger charge is -2.03. The van der Waals surface area contributed by atoms with E-state index in [1.54, 1.807) is 6.26 Å². The first-order chi connectivity index (χ1) is 9.75. The molecule has 1 aromatic carbocycles. The number of rotatable bonds is 4. The van der Waals surface area contributed by atoms with Crippen LogP contribution in [-0.2, 0) is 6.42 Å². The molecule has 0 spiro atoms. The third-order valence-corrected chi connectivity index (χ3v) is 5.24. The zero-order valence-electron chi connectivity index (χ0n) is 10.6. The third kappa shape index (κ3) is 2.73. The number of halogens is 1. The van der Waals surface area contributed by atoms with E-state index in [2.05, 4.69) is 27.9 Å². The molecule has 0 saturated heterocycles. The molecule has 5 heteroatoms. The van der Waals surface area contributed by atoms with Gasteiger partial charge in [-0.2, -0.15) is 0 Å². The number of nitrogens with one attached hydrogen (secondary N) is 1. The molecule has 0 aliphatic heterocycles. The highest BCUT2D eigenvalue weighted by Crippen LogP contribution is 2.21. The first-order valence-electron chi connectivity index (χ1n) is 6.22. The van der Waals surface area contributed by atoms with Gasteiger partial charge in [-0.25, -0.2) is 0 Å². The molecule has 0 unspecified atom stereocenters. The molecule has 1 amide bonds. The van der Waals surface area contributed by atoms with Gasteiger partial charge in [0.15, 0.2) is 0 Å². The maximum atomic E-state index is 12.0. The van der Waals surface area contributed by atoms with Crippen molar-refractivity contribution in [3.63, 3.8) is 0 Å². The van der Waals surface area contributed by atoms with Crippen molar-refractivity contribution in [1.29, 1.82) is 0 Å². The van der Waals surface area contributed by atoms with Gasteiger partial charge in [0.2, 0.25) is 0 Å². The van der Waals surface area contributed by atoms with Crippen LogP contribution < -0.4 is 5.32 Å². The number of fused-ring (bicyclic) bond motifs is 1. The molecule has 0 saturated carbocycles. The molecule has 20 heavy (non-hydrogen) atoms. The Morgan fingerprint density at radius 2 is 2.15 bits per heavy atom. The standard InChI is InChI=1S/C15H12INO2S/c16-12-6-8-20-14(12)15(18)17-7-5-10-9-19-13-4-2-1-3-11(10)13/h1-4,6,8-9H,5,7H2,(H,17,18). The topological polar surface area (TPSA) is 42.2 Å². The van der Waals surface area contributed by atoms with E-state index in [0.29, 0.717) is 6.54 Å². The quantitative estimate of drug-likeness (QED) is 0.675. The van der Waals surface area contributed by atoms with Crippen LogP contribution in [-0.4, -0.2) is 12.5 Å². The van der Waals surface area contributed by atoms with Crippen LogP contribution in [0.3, 0.4) is 0 Å². The van der Waals surface area contributed by atoms with Crippen LogP contribution in [0.25, 0.3) is 11.0 Å². The van der Waals surface area contributed by atoms with Crippen molar-refractivity contribution in [3.05, 3.63) is 56.0 Å². The van der Waals surface area contributed by atoms with Crippen molar-refractivity contribution in [2.75, 3.05) is 6.54 Å². The van der Waals surface area contributed by atoms with Gasteiger partial charge in [0, 0.05) is 15.5 Å². The Morgan fingerprint density at radius 3 is 2.95 bits per heavy atom. The minimum absolute atomic E-state index is 0.00259. The van der Waals surface area contributed by atoms with Crippen LogP contribution in [0.5, 0.6) is 0 Å². The summed E-state index contributed by atoms with van der Waals surface area (Å²) in [7, 11) is 0. The van der Waals surface area contributed by atoms with E-state index in [4.69, 9.17) is 4.42 Å². The molecule has 3 aromatic rings. The minimum Gasteiger partial charge on any atom is -0.464 e. The number of para-hydroxylation sites is 1. The van der Waals surface area contributed by atoms with Crippen molar-refractivity contribution in [2.24, 2.45) is 0 Å². The number of amides is 1. The van der Waals surface area contributed by atoms with Gasteiger partial charge in [-0.05, 0) is 52.1 Å². The lowest BCUT2D eigenvalue weighted by molar-refractivity contribution is 0.0957. The molecule has 1 N–H and O–H groups in total. The summed E-state index contributed by atoms with van der Waals surface area (Å²) in [5, 5.41) is 6.00. The second-order valence-electron chi connectivity index (χ2n) is 4.36. The largest absolute Gasteiger partial charge is 0.464 e. The summed E-state index contributed by atoms with van der Waals surface area (Å²) in [6.45, 7) is 0.607. The number of hydrogen-bond donors (Lipinski definition) is 1. The van der Waals surface area contributed by atoms with E-state index in [1.165, 1.54) is 11.3 Å². The summed E-state index contributed by atoms with van der Waals surface area (Å²) in [4.78, 5) is 12.8. The van der Waals surface area contributed by atoms with Crippen molar-refractivity contribution in [2.45, 2.75) is 6.42 Å². The summed E-state index contributed by atoms with van der Waals surface area (Å²) in [6.07, 6.45) is 2.54. The van der Waals surface area contributed by atoms with Crippen LogP contribution in [0.1, 0.15) is 15.2 Å². The number of hydrogen-bond acceptors (Lipinski definition) is 3. The summed E-state index contributed by atoms with van der Waals surface area (Å²) >= 11 is 3.65. The van der Waals surface area contributed by atoms with Crippen molar-refractivity contribution < 1.29 is 9.21 Å². The minimum atomic E-state index is -0.00259. The molecule has 3 rings (SSSR count). The summed E-state index contributed by atoms with van der Waals surface area (Å²) in [6, 6.07) is 9.89. The van der Waals surface area contributed by atoms with Crippen molar-refractivity contribution >= 4 is 50.8 Å². The molecule has 0 aliphatic rings. The number of thiophene rings is 1. The molecule has 0 aliphatic carbocycles. The van der Waals surface area contributed by atoms with Crippen LogP contribution in [0.2, 0.25) is 0 Å². The molecule has 0 fully saturated rings. The Bertz CT molecular complexity index is 747. The van der Waals surface area contributed by atoms with Crippen LogP contribution in [0.4, 0.5) is 0 Å². The monoisotopic (exact) mass is 397 g/mol. The third-order valence-electron chi connectivity index (χ3n) is 3.06. The normalized spacial score (nSPS) is 10.8. The first-order valence-corrected chi connectivity index (χ1v) is 8.18. The lowest BCUT2D eigenvalue weighted by atomic mass is 10.1. The number of furan rings is 1. The highest BCUT2D eigenvalue weighted by atomic mass is 127. The smallest absolute Gasteiger partial charge is 0.262 e. The van der Waals surface area contributed by atoms with Crippen LogP contribution in [0, 0.1) is 3.57 Å². The van der Waals surface area contributed by atoms with E-state index in [0.717, 1.165) is 31.4 Å². The number of carbonyl (C=O) groups excluding carboxylic acids is 1. The molecule has 2 aromatic heterocycles. The van der Waals surface area contributed by atoms with E-state index < -0.39 is 0 Å². The molecule has 3 nitrogen and oxygen atoms in total. The molecule has 0 atom stereocenters. The zero-order chi connectivity index (χ0) is 13.9. The summed E-state index contributed by atoms with van der Waals surface area (Å²) in [5.41, 5.74) is 2.02. The van der Waals surface area contributed by atoms with Crippen molar-refractivity contribution in [3.8, 4) is 0 Å². The van der Waals surface area contributed by atoms with E-state index in [9.17, 15) is 4.79 Å². The molecule has 0 radical (unpaired) electrons. The van der Waals surface area contributed by atoms with Gasteiger partial charge >= 0.3 is 0 Å². The first kappa shape index (κ1) is 13.6. The van der Waals surface area contributed by atoms with E-state index >= 15 is 0 Å². The van der Waals surface area contributed by atoms with Gasteiger partial charge in [-0.3, -0.25) is 4.79 Å². The van der Waals surface area contributed by atoms with Crippen molar-refractivity contribution in [1.82, 2.24) is 5.32 Å². The maximum Gasteiger partial charge on any atom is 0.262 e. The Labute approximate surface area is 134 Å². The van der Waals surface area contributed by atoms with Gasteiger partial charge in [0.25, 0.3) is 5.91 Å². The number of carbonyl (C=O) groups is 1. The lowest BCUT2D eigenvalue weighted by Crippen LogP contribution is -2.25. The van der Waals surface area contributed by atoms with Gasteiger partial charge in [-0.15, -0.1) is 11.3 Å². The molecule has 2 heterocycles. The average molecular weight is 397 g/mol. The van der Waals surface area contributed by atoms with Gasteiger partial charge in [0.1, 0.15) is 10.5 Å².